The van der Waals surface area contributed by atoms with E-state index < -0.39 is 17.4 Å². The molecule has 10 heteroatoms. The first-order valence-electron chi connectivity index (χ1n) is 12.0. The molecular weight excluding hydrogens is 471 g/mol. The molecule has 0 aliphatic carbocycles. The van der Waals surface area contributed by atoms with Crippen molar-refractivity contribution in [2.75, 3.05) is 18.0 Å². The van der Waals surface area contributed by atoms with Crippen LogP contribution in [0.4, 0.5) is 19.1 Å². The second-order valence-electron chi connectivity index (χ2n) is 8.70. The van der Waals surface area contributed by atoms with Crippen molar-refractivity contribution in [3.8, 4) is 17.1 Å². The predicted octanol–water partition coefficient (Wildman–Crippen LogP) is 4.37. The molecule has 2 aromatic carbocycles. The average molecular weight is 500 g/mol. The molecule has 0 spiro atoms. The fourth-order valence-corrected chi connectivity index (χ4v) is 4.35. The molecule has 1 aromatic heterocycles. The molecule has 36 heavy (non-hydrogen) atoms. The number of amides is 1. The molecule has 0 atom stereocenters. The molecule has 0 saturated carbocycles. The Balaban J connectivity index is 1.75. The molecular formula is C26H28F3N5O2. The molecule has 1 aliphatic rings. The lowest BCUT2D eigenvalue weighted by Gasteiger charge is -2.32. The molecule has 1 fully saturated rings. The quantitative estimate of drug-likeness (QED) is 0.545. The number of benzene rings is 2. The summed E-state index contributed by atoms with van der Waals surface area (Å²) in [5.74, 6) is 0.593. The Morgan fingerprint density at radius 3 is 2.31 bits per heavy atom. The van der Waals surface area contributed by atoms with Gasteiger partial charge in [-0.05, 0) is 49.1 Å². The fourth-order valence-electron chi connectivity index (χ4n) is 4.35. The van der Waals surface area contributed by atoms with Crippen molar-refractivity contribution in [1.82, 2.24) is 19.9 Å². The van der Waals surface area contributed by atoms with Gasteiger partial charge < -0.3 is 10.2 Å². The standard InChI is InChI=1S/C26H28F3N5O2/c1-3-17-7-5-6-8-21(17)23-31-24(33-15-13-19(14-16-33)30-22(35)4-2)32-25(36)34(23)20-11-9-18(10-12-20)26(27,28)29/h5-12,19H,3-4,13-16H2,1-2H3,(H,30,35). The van der Waals surface area contributed by atoms with Gasteiger partial charge in [-0.15, -0.1) is 0 Å². The van der Waals surface area contributed by atoms with E-state index in [0.717, 1.165) is 17.7 Å². The number of alkyl halides is 3. The Labute approximate surface area is 207 Å². The minimum absolute atomic E-state index is 0.00213. The van der Waals surface area contributed by atoms with E-state index in [4.69, 9.17) is 4.98 Å². The van der Waals surface area contributed by atoms with Gasteiger partial charge in [-0.1, -0.05) is 38.1 Å². The number of piperidine rings is 1. The molecule has 1 amide bonds. The van der Waals surface area contributed by atoms with Crippen LogP contribution in [0.1, 0.15) is 44.2 Å². The average Bonchev–Trinajstić information content (AvgIpc) is 2.88. The summed E-state index contributed by atoms with van der Waals surface area (Å²) in [4.78, 5) is 35.9. The Kier molecular flexibility index (Phi) is 7.42. The highest BCUT2D eigenvalue weighted by atomic mass is 19.4. The van der Waals surface area contributed by atoms with E-state index in [0.29, 0.717) is 50.2 Å². The summed E-state index contributed by atoms with van der Waals surface area (Å²) >= 11 is 0. The van der Waals surface area contributed by atoms with E-state index >= 15 is 0 Å². The number of halogens is 3. The molecule has 7 nitrogen and oxygen atoms in total. The lowest BCUT2D eigenvalue weighted by molar-refractivity contribution is -0.137. The number of aromatic nitrogens is 3. The summed E-state index contributed by atoms with van der Waals surface area (Å²) in [5.41, 5.74) is 0.489. The largest absolute Gasteiger partial charge is 0.416 e. The van der Waals surface area contributed by atoms with Crippen molar-refractivity contribution in [2.24, 2.45) is 0 Å². The van der Waals surface area contributed by atoms with E-state index in [1.807, 2.05) is 36.1 Å². The SMILES string of the molecule is CCC(=O)NC1CCN(c2nc(-c3ccccc3CC)n(-c3ccc(C(F)(F)F)cc3)c(=O)n2)CC1. The van der Waals surface area contributed by atoms with Gasteiger partial charge in [0.1, 0.15) is 0 Å². The highest BCUT2D eigenvalue weighted by molar-refractivity contribution is 5.75. The van der Waals surface area contributed by atoms with Crippen LogP contribution in [0.25, 0.3) is 17.1 Å². The molecule has 1 N–H and O–H groups in total. The van der Waals surface area contributed by atoms with Crippen LogP contribution in [0.15, 0.2) is 53.3 Å². The van der Waals surface area contributed by atoms with Crippen LogP contribution in [0.5, 0.6) is 0 Å². The van der Waals surface area contributed by atoms with Gasteiger partial charge >= 0.3 is 11.9 Å². The summed E-state index contributed by atoms with van der Waals surface area (Å²) in [5, 5.41) is 3.00. The Morgan fingerprint density at radius 1 is 1.03 bits per heavy atom. The van der Waals surface area contributed by atoms with Crippen LogP contribution in [0.3, 0.4) is 0 Å². The first-order valence-corrected chi connectivity index (χ1v) is 12.0. The van der Waals surface area contributed by atoms with Crippen molar-refractivity contribution >= 4 is 11.9 Å². The predicted molar refractivity (Wildman–Crippen MR) is 131 cm³/mol. The number of hydrogen-bond acceptors (Lipinski definition) is 5. The number of anilines is 1. The Morgan fingerprint density at radius 2 is 1.69 bits per heavy atom. The maximum absolute atomic E-state index is 13.3. The summed E-state index contributed by atoms with van der Waals surface area (Å²) in [6.07, 6.45) is -1.99. The van der Waals surface area contributed by atoms with Gasteiger partial charge in [-0.3, -0.25) is 4.79 Å². The smallest absolute Gasteiger partial charge is 0.353 e. The third kappa shape index (κ3) is 5.42. The molecule has 0 bridgehead atoms. The lowest BCUT2D eigenvalue weighted by Crippen LogP contribution is -2.45. The van der Waals surface area contributed by atoms with Gasteiger partial charge in [-0.2, -0.15) is 23.1 Å². The highest BCUT2D eigenvalue weighted by Gasteiger charge is 2.30. The normalized spacial score (nSPS) is 14.6. The van der Waals surface area contributed by atoms with Crippen molar-refractivity contribution in [3.63, 3.8) is 0 Å². The second kappa shape index (κ2) is 10.5. The highest BCUT2D eigenvalue weighted by Crippen LogP contribution is 2.31. The van der Waals surface area contributed by atoms with E-state index in [-0.39, 0.29) is 23.6 Å². The lowest BCUT2D eigenvalue weighted by atomic mass is 10.0. The molecule has 0 unspecified atom stereocenters. The summed E-state index contributed by atoms with van der Waals surface area (Å²) in [6.45, 7) is 4.91. The second-order valence-corrected chi connectivity index (χ2v) is 8.70. The number of aryl methyl sites for hydroxylation is 1. The van der Waals surface area contributed by atoms with Crippen molar-refractivity contribution in [3.05, 3.63) is 70.1 Å². The first kappa shape index (κ1) is 25.4. The zero-order valence-corrected chi connectivity index (χ0v) is 20.2. The monoisotopic (exact) mass is 499 g/mol. The topological polar surface area (TPSA) is 80.1 Å². The number of rotatable bonds is 6. The van der Waals surface area contributed by atoms with Gasteiger partial charge in [0.05, 0.1) is 11.3 Å². The molecule has 4 rings (SSSR count). The molecule has 2 heterocycles. The minimum Gasteiger partial charge on any atom is -0.353 e. The van der Waals surface area contributed by atoms with Crippen molar-refractivity contribution < 1.29 is 18.0 Å². The van der Waals surface area contributed by atoms with Crippen LogP contribution in [-0.4, -0.2) is 39.6 Å². The summed E-state index contributed by atoms with van der Waals surface area (Å²) in [7, 11) is 0. The molecule has 190 valence electrons. The number of carbonyl (C=O) groups is 1. The van der Waals surface area contributed by atoms with E-state index in [1.54, 1.807) is 6.92 Å². The number of hydrogen-bond donors (Lipinski definition) is 1. The summed E-state index contributed by atoms with van der Waals surface area (Å²) in [6, 6.07) is 12.0. The number of carbonyl (C=O) groups excluding carboxylic acids is 1. The van der Waals surface area contributed by atoms with Gasteiger partial charge in [0.25, 0.3) is 0 Å². The molecule has 3 aromatic rings. The van der Waals surface area contributed by atoms with E-state index in [1.165, 1.54) is 16.7 Å². The maximum atomic E-state index is 13.3. The van der Waals surface area contributed by atoms with E-state index in [9.17, 15) is 22.8 Å². The number of nitrogens with zero attached hydrogens (tertiary/aromatic N) is 4. The summed E-state index contributed by atoms with van der Waals surface area (Å²) < 4.78 is 40.6. The Hall–Kier alpha value is -3.69. The van der Waals surface area contributed by atoms with Gasteiger partial charge in [-0.25, -0.2) is 9.36 Å². The zero-order valence-electron chi connectivity index (χ0n) is 20.2. The molecule has 1 aliphatic heterocycles. The fraction of sp³-hybridized carbons (Fsp3) is 0.385. The van der Waals surface area contributed by atoms with Crippen molar-refractivity contribution in [1.29, 1.82) is 0 Å². The molecule has 1 saturated heterocycles. The van der Waals surface area contributed by atoms with Crippen LogP contribution >= 0.6 is 0 Å². The van der Waals surface area contributed by atoms with Crippen LogP contribution in [0.2, 0.25) is 0 Å². The van der Waals surface area contributed by atoms with Gasteiger partial charge in [0, 0.05) is 31.1 Å². The first-order chi connectivity index (χ1) is 17.2. The maximum Gasteiger partial charge on any atom is 0.416 e. The van der Waals surface area contributed by atoms with Crippen LogP contribution in [0, 0.1) is 0 Å². The van der Waals surface area contributed by atoms with Crippen LogP contribution in [-0.2, 0) is 17.4 Å². The van der Waals surface area contributed by atoms with Crippen LogP contribution < -0.4 is 15.9 Å². The van der Waals surface area contributed by atoms with Crippen molar-refractivity contribution in [2.45, 2.75) is 51.7 Å². The van der Waals surface area contributed by atoms with Gasteiger partial charge in [0.2, 0.25) is 11.9 Å². The zero-order chi connectivity index (χ0) is 25.9. The third-order valence-corrected chi connectivity index (χ3v) is 6.36. The molecule has 0 radical (unpaired) electrons. The minimum atomic E-state index is -4.48. The Bertz CT molecular complexity index is 1280. The number of nitrogens with one attached hydrogen (secondary N) is 1. The van der Waals surface area contributed by atoms with Gasteiger partial charge in [0.15, 0.2) is 5.82 Å². The van der Waals surface area contributed by atoms with E-state index in [2.05, 4.69) is 10.3 Å². The third-order valence-electron chi connectivity index (χ3n) is 6.36.